The highest BCUT2D eigenvalue weighted by atomic mass is 19.1. The number of fused-ring (bicyclic) bond motifs is 1. The number of unbranched alkanes of at least 4 members (excludes halogenated alkanes) is 1. The van der Waals surface area contributed by atoms with Gasteiger partial charge in [-0.25, -0.2) is 4.39 Å². The van der Waals surface area contributed by atoms with Crippen LogP contribution in [0.2, 0.25) is 0 Å². The lowest BCUT2D eigenvalue weighted by Crippen LogP contribution is -2.08. The normalized spacial score (nSPS) is 13.2. The highest BCUT2D eigenvalue weighted by Crippen LogP contribution is 2.25. The SMILES string of the molecule is CCCCC(N)c1cc2cc(F)ccc2o1. The molecule has 0 aliphatic heterocycles. The molecular weight excluding hydrogens is 205 g/mol. The maximum atomic E-state index is 13.0. The highest BCUT2D eigenvalue weighted by molar-refractivity contribution is 5.77. The molecule has 86 valence electrons. The van der Waals surface area contributed by atoms with Gasteiger partial charge in [-0.1, -0.05) is 19.8 Å². The minimum atomic E-state index is -0.248. The highest BCUT2D eigenvalue weighted by Gasteiger charge is 2.11. The Labute approximate surface area is 94.2 Å². The third-order valence-electron chi connectivity index (χ3n) is 2.73. The van der Waals surface area contributed by atoms with Crippen LogP contribution in [-0.4, -0.2) is 0 Å². The Balaban J connectivity index is 2.25. The first kappa shape index (κ1) is 11.1. The van der Waals surface area contributed by atoms with E-state index in [1.54, 1.807) is 6.07 Å². The van der Waals surface area contributed by atoms with Gasteiger partial charge in [-0.3, -0.25) is 0 Å². The molecule has 2 nitrogen and oxygen atoms in total. The molecule has 3 heteroatoms. The summed E-state index contributed by atoms with van der Waals surface area (Å²) in [5.41, 5.74) is 6.69. The molecule has 1 unspecified atom stereocenters. The van der Waals surface area contributed by atoms with Crippen molar-refractivity contribution in [3.05, 3.63) is 35.8 Å². The van der Waals surface area contributed by atoms with E-state index in [0.717, 1.165) is 30.4 Å². The first-order valence-corrected chi connectivity index (χ1v) is 5.65. The minimum Gasteiger partial charge on any atom is -0.459 e. The summed E-state index contributed by atoms with van der Waals surface area (Å²) in [5.74, 6) is 0.496. The lowest BCUT2D eigenvalue weighted by Gasteiger charge is -2.06. The van der Waals surface area contributed by atoms with Gasteiger partial charge in [-0.15, -0.1) is 0 Å². The van der Waals surface area contributed by atoms with Crippen molar-refractivity contribution in [2.24, 2.45) is 5.73 Å². The quantitative estimate of drug-likeness (QED) is 0.853. The number of nitrogens with two attached hydrogens (primary N) is 1. The second kappa shape index (κ2) is 4.66. The summed E-state index contributed by atoms with van der Waals surface area (Å²) in [6, 6.07) is 6.25. The first-order chi connectivity index (χ1) is 7.70. The van der Waals surface area contributed by atoms with Gasteiger partial charge in [0.25, 0.3) is 0 Å². The van der Waals surface area contributed by atoms with Gasteiger partial charge in [-0.05, 0) is 30.7 Å². The molecule has 0 aliphatic carbocycles. The van der Waals surface area contributed by atoms with Gasteiger partial charge in [0, 0.05) is 5.39 Å². The molecule has 2 N–H and O–H groups in total. The minimum absolute atomic E-state index is 0.0876. The summed E-state index contributed by atoms with van der Waals surface area (Å²) in [5, 5.41) is 0.780. The molecular formula is C13H16FNO. The van der Waals surface area contributed by atoms with Crippen molar-refractivity contribution in [1.29, 1.82) is 0 Å². The molecule has 0 saturated heterocycles. The fourth-order valence-corrected chi connectivity index (χ4v) is 1.78. The molecule has 0 saturated carbocycles. The predicted octanol–water partition coefficient (Wildman–Crippen LogP) is 3.76. The Kier molecular flexibility index (Phi) is 3.25. The van der Waals surface area contributed by atoms with E-state index in [-0.39, 0.29) is 11.9 Å². The van der Waals surface area contributed by atoms with Gasteiger partial charge >= 0.3 is 0 Å². The van der Waals surface area contributed by atoms with Crippen LogP contribution < -0.4 is 5.73 Å². The van der Waals surface area contributed by atoms with Crippen molar-refractivity contribution >= 4 is 11.0 Å². The van der Waals surface area contributed by atoms with E-state index in [1.165, 1.54) is 12.1 Å². The Hall–Kier alpha value is -1.35. The molecule has 0 amide bonds. The van der Waals surface area contributed by atoms with E-state index in [2.05, 4.69) is 6.92 Å². The number of furan rings is 1. The molecule has 0 bridgehead atoms. The fourth-order valence-electron chi connectivity index (χ4n) is 1.78. The average molecular weight is 221 g/mol. The van der Waals surface area contributed by atoms with E-state index in [9.17, 15) is 4.39 Å². The predicted molar refractivity (Wildman–Crippen MR) is 62.6 cm³/mol. The van der Waals surface area contributed by atoms with Crippen molar-refractivity contribution in [2.45, 2.75) is 32.2 Å². The van der Waals surface area contributed by atoms with Gasteiger partial charge in [0.1, 0.15) is 17.2 Å². The Morgan fingerprint density at radius 1 is 1.38 bits per heavy atom. The zero-order valence-corrected chi connectivity index (χ0v) is 9.37. The van der Waals surface area contributed by atoms with Crippen LogP contribution in [0, 0.1) is 5.82 Å². The van der Waals surface area contributed by atoms with Crippen LogP contribution in [0.5, 0.6) is 0 Å². The van der Waals surface area contributed by atoms with E-state index in [4.69, 9.17) is 10.2 Å². The Bertz CT molecular complexity index is 478. The molecule has 16 heavy (non-hydrogen) atoms. The Morgan fingerprint density at radius 3 is 2.94 bits per heavy atom. The van der Waals surface area contributed by atoms with Crippen LogP contribution >= 0.6 is 0 Å². The maximum Gasteiger partial charge on any atom is 0.134 e. The smallest absolute Gasteiger partial charge is 0.134 e. The van der Waals surface area contributed by atoms with Crippen LogP contribution in [0.15, 0.2) is 28.7 Å². The monoisotopic (exact) mass is 221 g/mol. The third kappa shape index (κ3) is 2.25. The molecule has 0 fully saturated rings. The average Bonchev–Trinajstić information content (AvgIpc) is 2.68. The summed E-state index contributed by atoms with van der Waals surface area (Å²) in [7, 11) is 0. The molecule has 1 aromatic heterocycles. The van der Waals surface area contributed by atoms with E-state index in [0.29, 0.717) is 5.58 Å². The fraction of sp³-hybridized carbons (Fsp3) is 0.385. The van der Waals surface area contributed by atoms with Crippen LogP contribution in [-0.2, 0) is 0 Å². The molecule has 0 radical (unpaired) electrons. The summed E-state index contributed by atoms with van der Waals surface area (Å²) < 4.78 is 18.6. The topological polar surface area (TPSA) is 39.2 Å². The number of halogens is 1. The summed E-state index contributed by atoms with van der Waals surface area (Å²) in [4.78, 5) is 0. The van der Waals surface area contributed by atoms with Gasteiger partial charge < -0.3 is 10.2 Å². The van der Waals surface area contributed by atoms with Crippen molar-refractivity contribution < 1.29 is 8.81 Å². The molecule has 0 aliphatic rings. The van der Waals surface area contributed by atoms with E-state index in [1.807, 2.05) is 6.07 Å². The molecule has 1 heterocycles. The van der Waals surface area contributed by atoms with Crippen LogP contribution in [0.4, 0.5) is 4.39 Å². The zero-order chi connectivity index (χ0) is 11.5. The summed E-state index contributed by atoms with van der Waals surface area (Å²) in [6.07, 6.45) is 3.09. The number of hydrogen-bond acceptors (Lipinski definition) is 2. The van der Waals surface area contributed by atoms with Crippen molar-refractivity contribution in [3.63, 3.8) is 0 Å². The number of rotatable bonds is 4. The second-order valence-electron chi connectivity index (χ2n) is 4.08. The van der Waals surface area contributed by atoms with Crippen LogP contribution in [0.3, 0.4) is 0 Å². The molecule has 1 aromatic carbocycles. The van der Waals surface area contributed by atoms with Gasteiger partial charge in [0.05, 0.1) is 6.04 Å². The van der Waals surface area contributed by atoms with E-state index < -0.39 is 0 Å². The zero-order valence-electron chi connectivity index (χ0n) is 9.37. The van der Waals surface area contributed by atoms with Gasteiger partial charge in [0.2, 0.25) is 0 Å². The van der Waals surface area contributed by atoms with Crippen molar-refractivity contribution in [2.75, 3.05) is 0 Å². The van der Waals surface area contributed by atoms with Crippen molar-refractivity contribution in [1.82, 2.24) is 0 Å². The van der Waals surface area contributed by atoms with Gasteiger partial charge in [0.15, 0.2) is 0 Å². The Morgan fingerprint density at radius 2 is 2.19 bits per heavy atom. The standard InChI is InChI=1S/C13H16FNO/c1-2-3-4-11(15)13-8-9-7-10(14)5-6-12(9)16-13/h5-8,11H,2-4,15H2,1H3. The molecule has 2 rings (SSSR count). The van der Waals surface area contributed by atoms with Gasteiger partial charge in [-0.2, -0.15) is 0 Å². The van der Waals surface area contributed by atoms with Crippen molar-refractivity contribution in [3.8, 4) is 0 Å². The second-order valence-corrected chi connectivity index (χ2v) is 4.08. The number of benzene rings is 1. The lowest BCUT2D eigenvalue weighted by atomic mass is 10.1. The molecule has 1 atom stereocenters. The summed E-state index contributed by atoms with van der Waals surface area (Å²) in [6.45, 7) is 2.13. The van der Waals surface area contributed by atoms with E-state index >= 15 is 0 Å². The largest absolute Gasteiger partial charge is 0.459 e. The summed E-state index contributed by atoms with van der Waals surface area (Å²) >= 11 is 0. The molecule has 2 aromatic rings. The maximum absolute atomic E-state index is 13.0. The number of hydrogen-bond donors (Lipinski definition) is 1. The first-order valence-electron chi connectivity index (χ1n) is 5.65. The van der Waals surface area contributed by atoms with Crippen LogP contribution in [0.1, 0.15) is 38.0 Å². The molecule has 0 spiro atoms. The third-order valence-corrected chi connectivity index (χ3v) is 2.73. The van der Waals surface area contributed by atoms with Crippen LogP contribution in [0.25, 0.3) is 11.0 Å². The lowest BCUT2D eigenvalue weighted by molar-refractivity contribution is 0.468.